The van der Waals surface area contributed by atoms with Crippen LogP contribution >= 0.6 is 0 Å². The van der Waals surface area contributed by atoms with E-state index in [1.54, 1.807) is 39.8 Å². The van der Waals surface area contributed by atoms with E-state index >= 15 is 0 Å². The SMILES string of the molecule is COc1cc(-n2cnc3ccc(-c4cccc([N+](=O)[O-])c4)cc32)cc(OC)c1OC. The lowest BCUT2D eigenvalue weighted by molar-refractivity contribution is -0.384. The van der Waals surface area contributed by atoms with Crippen LogP contribution in [0.5, 0.6) is 17.2 Å². The number of hydrogen-bond acceptors (Lipinski definition) is 6. The van der Waals surface area contributed by atoms with E-state index in [1.165, 1.54) is 6.07 Å². The topological polar surface area (TPSA) is 88.7 Å². The molecular weight excluding hydrogens is 386 g/mol. The Bertz CT molecular complexity index is 1220. The first-order valence-corrected chi connectivity index (χ1v) is 9.08. The summed E-state index contributed by atoms with van der Waals surface area (Å²) in [4.78, 5) is 15.2. The number of hydrogen-bond donors (Lipinski definition) is 0. The summed E-state index contributed by atoms with van der Waals surface area (Å²) in [6.45, 7) is 0. The van der Waals surface area contributed by atoms with Gasteiger partial charge in [-0.05, 0) is 23.3 Å². The van der Waals surface area contributed by atoms with E-state index in [2.05, 4.69) is 4.98 Å². The predicted molar refractivity (Wildman–Crippen MR) is 113 cm³/mol. The standard InChI is InChI=1S/C22H19N3O5/c1-28-20-11-17(12-21(29-2)22(20)30-3)24-13-23-18-8-7-15(10-19(18)24)14-5-4-6-16(9-14)25(26)27/h4-13H,1-3H3. The molecule has 152 valence electrons. The first-order chi connectivity index (χ1) is 14.5. The van der Waals surface area contributed by atoms with Gasteiger partial charge in [-0.15, -0.1) is 0 Å². The van der Waals surface area contributed by atoms with Crippen LogP contribution in [0.15, 0.2) is 60.9 Å². The molecule has 4 rings (SSSR count). The maximum atomic E-state index is 11.1. The van der Waals surface area contributed by atoms with Gasteiger partial charge >= 0.3 is 0 Å². The average molecular weight is 405 g/mol. The molecule has 30 heavy (non-hydrogen) atoms. The Morgan fingerprint density at radius 1 is 0.900 bits per heavy atom. The highest BCUT2D eigenvalue weighted by atomic mass is 16.6. The molecule has 0 atom stereocenters. The van der Waals surface area contributed by atoms with Crippen molar-refractivity contribution in [2.24, 2.45) is 0 Å². The van der Waals surface area contributed by atoms with Crippen LogP contribution in [0.4, 0.5) is 5.69 Å². The van der Waals surface area contributed by atoms with Gasteiger partial charge in [-0.2, -0.15) is 0 Å². The van der Waals surface area contributed by atoms with Crippen molar-refractivity contribution in [3.8, 4) is 34.1 Å². The van der Waals surface area contributed by atoms with Gasteiger partial charge in [0, 0.05) is 24.3 Å². The highest BCUT2D eigenvalue weighted by Gasteiger charge is 2.16. The summed E-state index contributed by atoms with van der Waals surface area (Å²) in [6.07, 6.45) is 1.71. The Morgan fingerprint density at radius 2 is 1.60 bits per heavy atom. The van der Waals surface area contributed by atoms with Crippen LogP contribution < -0.4 is 14.2 Å². The van der Waals surface area contributed by atoms with E-state index in [0.29, 0.717) is 17.2 Å². The second kappa shape index (κ2) is 7.75. The predicted octanol–water partition coefficient (Wildman–Crippen LogP) is 4.63. The summed E-state index contributed by atoms with van der Waals surface area (Å²) >= 11 is 0. The molecule has 1 heterocycles. The van der Waals surface area contributed by atoms with Crippen molar-refractivity contribution in [2.75, 3.05) is 21.3 Å². The fourth-order valence-corrected chi connectivity index (χ4v) is 3.40. The molecule has 4 aromatic rings. The first kappa shape index (κ1) is 19.3. The minimum absolute atomic E-state index is 0.0470. The third kappa shape index (κ3) is 3.28. The number of fused-ring (bicyclic) bond motifs is 1. The van der Waals surface area contributed by atoms with E-state index < -0.39 is 4.92 Å². The number of rotatable bonds is 6. The molecule has 0 radical (unpaired) electrons. The largest absolute Gasteiger partial charge is 0.493 e. The highest BCUT2D eigenvalue weighted by molar-refractivity contribution is 5.84. The molecule has 1 aromatic heterocycles. The Labute approximate surface area is 172 Å². The minimum atomic E-state index is -0.401. The van der Waals surface area contributed by atoms with Gasteiger partial charge in [0.1, 0.15) is 6.33 Å². The molecule has 0 N–H and O–H groups in total. The molecule has 0 spiro atoms. The van der Waals surface area contributed by atoms with E-state index in [4.69, 9.17) is 14.2 Å². The van der Waals surface area contributed by atoms with Crippen LogP contribution in [0.1, 0.15) is 0 Å². The average Bonchev–Trinajstić information content (AvgIpc) is 3.21. The van der Waals surface area contributed by atoms with Crippen molar-refractivity contribution in [3.05, 3.63) is 71.0 Å². The van der Waals surface area contributed by atoms with Gasteiger partial charge in [0.2, 0.25) is 5.75 Å². The second-order valence-corrected chi connectivity index (χ2v) is 6.51. The van der Waals surface area contributed by atoms with Crippen molar-refractivity contribution in [3.63, 3.8) is 0 Å². The third-order valence-electron chi connectivity index (χ3n) is 4.87. The second-order valence-electron chi connectivity index (χ2n) is 6.51. The van der Waals surface area contributed by atoms with Crippen LogP contribution in [0.25, 0.3) is 27.8 Å². The molecule has 8 heteroatoms. The summed E-state index contributed by atoms with van der Waals surface area (Å²) < 4.78 is 18.2. The van der Waals surface area contributed by atoms with Crippen molar-refractivity contribution in [1.82, 2.24) is 9.55 Å². The Kier molecular flexibility index (Phi) is 4.97. The Balaban J connectivity index is 1.87. The normalized spacial score (nSPS) is 10.8. The molecule has 0 aliphatic heterocycles. The van der Waals surface area contributed by atoms with Gasteiger partial charge < -0.3 is 14.2 Å². The molecule has 8 nitrogen and oxygen atoms in total. The zero-order valence-corrected chi connectivity index (χ0v) is 16.7. The number of nitro benzene ring substituents is 1. The molecule has 0 saturated heterocycles. The van der Waals surface area contributed by atoms with Gasteiger partial charge in [0.05, 0.1) is 43.0 Å². The lowest BCUT2D eigenvalue weighted by Gasteiger charge is -2.15. The zero-order chi connectivity index (χ0) is 21.3. The quantitative estimate of drug-likeness (QED) is 0.343. The summed E-state index contributed by atoms with van der Waals surface area (Å²) in [5.41, 5.74) is 4.06. The number of imidazole rings is 1. The lowest BCUT2D eigenvalue weighted by atomic mass is 10.0. The maximum absolute atomic E-state index is 11.1. The van der Waals surface area contributed by atoms with Crippen LogP contribution in [-0.4, -0.2) is 35.8 Å². The third-order valence-corrected chi connectivity index (χ3v) is 4.87. The monoisotopic (exact) mass is 405 g/mol. The van der Waals surface area contributed by atoms with E-state index in [0.717, 1.165) is 27.8 Å². The Hall–Kier alpha value is -4.07. The van der Waals surface area contributed by atoms with Gasteiger partial charge in [0.25, 0.3) is 5.69 Å². The van der Waals surface area contributed by atoms with Crippen molar-refractivity contribution < 1.29 is 19.1 Å². The number of ether oxygens (including phenoxy) is 3. The fourth-order valence-electron chi connectivity index (χ4n) is 3.40. The first-order valence-electron chi connectivity index (χ1n) is 9.08. The molecular formula is C22H19N3O5. The van der Waals surface area contributed by atoms with Crippen molar-refractivity contribution >= 4 is 16.7 Å². The molecule has 0 amide bonds. The molecule has 0 unspecified atom stereocenters. The van der Waals surface area contributed by atoms with Gasteiger partial charge in [-0.1, -0.05) is 18.2 Å². The number of nitrogens with zero attached hydrogens (tertiary/aromatic N) is 3. The maximum Gasteiger partial charge on any atom is 0.270 e. The zero-order valence-electron chi connectivity index (χ0n) is 16.7. The van der Waals surface area contributed by atoms with Crippen molar-refractivity contribution in [2.45, 2.75) is 0 Å². The van der Waals surface area contributed by atoms with E-state index in [-0.39, 0.29) is 5.69 Å². The van der Waals surface area contributed by atoms with Crippen LogP contribution in [-0.2, 0) is 0 Å². The molecule has 0 saturated carbocycles. The molecule has 0 aliphatic rings. The van der Waals surface area contributed by atoms with Gasteiger partial charge in [0.15, 0.2) is 11.5 Å². The number of non-ortho nitro benzene ring substituents is 1. The fraction of sp³-hybridized carbons (Fsp3) is 0.136. The molecule has 0 fully saturated rings. The summed E-state index contributed by atoms with van der Waals surface area (Å²) in [7, 11) is 4.68. The van der Waals surface area contributed by atoms with Gasteiger partial charge in [-0.3, -0.25) is 14.7 Å². The number of benzene rings is 3. The van der Waals surface area contributed by atoms with E-state index in [9.17, 15) is 10.1 Å². The molecule has 3 aromatic carbocycles. The summed E-state index contributed by atoms with van der Waals surface area (Å²) in [6, 6.07) is 16.0. The number of aromatic nitrogens is 2. The van der Waals surface area contributed by atoms with Crippen LogP contribution in [0.2, 0.25) is 0 Å². The molecule has 0 bridgehead atoms. The summed E-state index contributed by atoms with van der Waals surface area (Å²) in [5, 5.41) is 11.1. The van der Waals surface area contributed by atoms with E-state index in [1.807, 2.05) is 41.0 Å². The lowest BCUT2D eigenvalue weighted by Crippen LogP contribution is -1.99. The smallest absolute Gasteiger partial charge is 0.270 e. The highest BCUT2D eigenvalue weighted by Crippen LogP contribution is 2.40. The number of methoxy groups -OCH3 is 3. The minimum Gasteiger partial charge on any atom is -0.493 e. The van der Waals surface area contributed by atoms with Crippen molar-refractivity contribution in [1.29, 1.82) is 0 Å². The number of nitro groups is 1. The van der Waals surface area contributed by atoms with Crippen LogP contribution in [0, 0.1) is 10.1 Å². The van der Waals surface area contributed by atoms with Crippen LogP contribution in [0.3, 0.4) is 0 Å². The Morgan fingerprint density at radius 3 is 2.23 bits per heavy atom. The van der Waals surface area contributed by atoms with Gasteiger partial charge in [-0.25, -0.2) is 4.98 Å². The summed E-state index contributed by atoms with van der Waals surface area (Å²) in [5.74, 6) is 1.57. The molecule has 0 aliphatic carbocycles.